The van der Waals surface area contributed by atoms with Crippen LogP contribution in [-0.2, 0) is 0 Å². The van der Waals surface area contributed by atoms with Gasteiger partial charge in [0.2, 0.25) is 0 Å². The van der Waals surface area contributed by atoms with Gasteiger partial charge in [0.1, 0.15) is 12.0 Å². The minimum atomic E-state index is -0.245. The van der Waals surface area contributed by atoms with Crippen LogP contribution in [0.3, 0.4) is 0 Å². The Morgan fingerprint density at radius 3 is 2.46 bits per heavy atom. The van der Waals surface area contributed by atoms with Crippen molar-refractivity contribution < 1.29 is 0 Å². The van der Waals surface area contributed by atoms with E-state index in [1.54, 1.807) is 6.20 Å². The number of halogens is 1. The van der Waals surface area contributed by atoms with Gasteiger partial charge in [0.25, 0.3) is 0 Å². The molecule has 1 aromatic heterocycles. The lowest BCUT2D eigenvalue weighted by Gasteiger charge is -2.41. The minimum absolute atomic E-state index is 0.245. The van der Waals surface area contributed by atoms with Crippen molar-refractivity contribution >= 4 is 28.8 Å². The second kappa shape index (κ2) is 5.85. The van der Waals surface area contributed by atoms with Gasteiger partial charge in [0.15, 0.2) is 0 Å². The highest BCUT2D eigenvalue weighted by atomic mass is 35.5. The van der Waals surface area contributed by atoms with Crippen molar-refractivity contribution in [1.29, 1.82) is 0 Å². The summed E-state index contributed by atoms with van der Waals surface area (Å²) in [5.41, 5.74) is 10.8. The number of nitrogens with one attached hydrogen (secondary N) is 1. The van der Waals surface area contributed by atoms with Gasteiger partial charge in [0, 0.05) is 16.4 Å². The summed E-state index contributed by atoms with van der Waals surface area (Å²) in [6.07, 6.45) is 1.55. The molecule has 4 rings (SSSR count). The quantitative estimate of drug-likeness (QED) is 0.742. The molecule has 122 valence electrons. The summed E-state index contributed by atoms with van der Waals surface area (Å²) >= 11 is 6.02. The summed E-state index contributed by atoms with van der Waals surface area (Å²) in [6, 6.07) is 16.2. The molecule has 0 saturated carbocycles. The number of nitrogens with zero attached hydrogens (tertiary/aromatic N) is 3. The van der Waals surface area contributed by atoms with Crippen LogP contribution >= 0.6 is 11.6 Å². The summed E-state index contributed by atoms with van der Waals surface area (Å²) in [5.74, 6) is 0.924. The monoisotopic (exact) mass is 339 g/mol. The second-order valence-corrected chi connectivity index (χ2v) is 6.41. The van der Waals surface area contributed by atoms with Crippen LogP contribution in [0.4, 0.5) is 17.2 Å². The third-order valence-electron chi connectivity index (χ3n) is 4.37. The molecule has 0 saturated heterocycles. The van der Waals surface area contributed by atoms with Gasteiger partial charge in [-0.05, 0) is 43.3 Å². The normalized spacial score (nSPS) is 17.0. The van der Waals surface area contributed by atoms with Crippen molar-refractivity contribution in [1.82, 2.24) is 10.2 Å². The highest BCUT2D eigenvalue weighted by Crippen LogP contribution is 2.38. The highest BCUT2D eigenvalue weighted by molar-refractivity contribution is 6.30. The Kier molecular flexibility index (Phi) is 3.67. The number of aromatic nitrogens is 2. The third kappa shape index (κ3) is 2.52. The molecule has 0 aliphatic carbocycles. The van der Waals surface area contributed by atoms with Crippen molar-refractivity contribution in [2.24, 2.45) is 5.73 Å². The second-order valence-electron chi connectivity index (χ2n) is 5.97. The number of rotatable bonds is 2. The number of nitrogens with two attached hydrogens (primary N) is 1. The number of fused-ring (bicyclic) bond motifs is 1. The molecule has 6 heteroatoms. The van der Waals surface area contributed by atoms with Crippen LogP contribution in [0, 0.1) is 6.92 Å². The van der Waals surface area contributed by atoms with Gasteiger partial charge < -0.3 is 15.5 Å². The molecule has 2 heterocycles. The number of benzene rings is 2. The van der Waals surface area contributed by atoms with Crippen molar-refractivity contribution in [3.63, 3.8) is 0 Å². The lowest BCUT2D eigenvalue weighted by atomic mass is 10.1. The zero-order valence-corrected chi connectivity index (χ0v) is 14.0. The number of hydrogen-bond donors (Lipinski definition) is 2. The van der Waals surface area contributed by atoms with E-state index in [0.29, 0.717) is 11.7 Å². The number of aromatic amines is 1. The van der Waals surface area contributed by atoms with E-state index in [4.69, 9.17) is 17.3 Å². The average Bonchev–Trinajstić information content (AvgIpc) is 3.08. The lowest BCUT2D eigenvalue weighted by Crippen LogP contribution is -2.46. The molecule has 1 aliphatic heterocycles. The molecule has 5 nitrogen and oxygen atoms in total. The SMILES string of the molecule is Cc1ccc(N2CN(c3ccc(Cl)cc3)c3[nH]ncc3C2N)cc1. The highest BCUT2D eigenvalue weighted by Gasteiger charge is 2.31. The minimum Gasteiger partial charge on any atom is -0.334 e. The molecule has 0 radical (unpaired) electrons. The molecule has 3 N–H and O–H groups in total. The fourth-order valence-electron chi connectivity index (χ4n) is 3.01. The van der Waals surface area contributed by atoms with Gasteiger partial charge in [0.05, 0.1) is 18.4 Å². The molecule has 3 aromatic rings. The van der Waals surface area contributed by atoms with Gasteiger partial charge in [-0.15, -0.1) is 0 Å². The predicted octanol–water partition coefficient (Wildman–Crippen LogP) is 3.94. The Morgan fingerprint density at radius 2 is 1.75 bits per heavy atom. The van der Waals surface area contributed by atoms with E-state index in [0.717, 1.165) is 22.8 Å². The maximum Gasteiger partial charge on any atom is 0.136 e. The molecule has 0 bridgehead atoms. The van der Waals surface area contributed by atoms with Gasteiger partial charge in [-0.2, -0.15) is 5.10 Å². The van der Waals surface area contributed by atoms with Crippen molar-refractivity contribution in [2.75, 3.05) is 16.5 Å². The van der Waals surface area contributed by atoms with Crippen LogP contribution in [-0.4, -0.2) is 16.9 Å². The first-order chi connectivity index (χ1) is 11.6. The van der Waals surface area contributed by atoms with Crippen LogP contribution in [0.5, 0.6) is 0 Å². The third-order valence-corrected chi connectivity index (χ3v) is 4.62. The molecular formula is C18H18ClN5. The number of aryl methyl sites for hydroxylation is 1. The Balaban J connectivity index is 1.76. The molecule has 1 atom stereocenters. The summed E-state index contributed by atoms with van der Waals surface area (Å²) in [7, 11) is 0. The van der Waals surface area contributed by atoms with Crippen LogP contribution in [0.2, 0.25) is 5.02 Å². The van der Waals surface area contributed by atoms with Crippen molar-refractivity contribution in [3.8, 4) is 0 Å². The molecule has 0 amide bonds. The van der Waals surface area contributed by atoms with Gasteiger partial charge >= 0.3 is 0 Å². The average molecular weight is 340 g/mol. The van der Waals surface area contributed by atoms with E-state index in [1.807, 2.05) is 24.3 Å². The van der Waals surface area contributed by atoms with E-state index in [-0.39, 0.29) is 6.17 Å². The molecule has 24 heavy (non-hydrogen) atoms. The first-order valence-electron chi connectivity index (χ1n) is 7.79. The fraction of sp³-hybridized carbons (Fsp3) is 0.167. The molecule has 0 fully saturated rings. The Labute approximate surface area is 145 Å². The Morgan fingerprint density at radius 1 is 1.08 bits per heavy atom. The predicted molar refractivity (Wildman–Crippen MR) is 97.6 cm³/mol. The van der Waals surface area contributed by atoms with Crippen molar-refractivity contribution in [2.45, 2.75) is 13.1 Å². The lowest BCUT2D eigenvalue weighted by molar-refractivity contribution is 0.617. The van der Waals surface area contributed by atoms with Crippen LogP contribution < -0.4 is 15.5 Å². The largest absolute Gasteiger partial charge is 0.334 e. The van der Waals surface area contributed by atoms with Gasteiger partial charge in [-0.1, -0.05) is 29.3 Å². The molecular weight excluding hydrogens is 322 g/mol. The Bertz CT molecular complexity index is 841. The van der Waals surface area contributed by atoms with E-state index in [2.05, 4.69) is 51.2 Å². The zero-order chi connectivity index (χ0) is 16.7. The molecule has 2 aromatic carbocycles. The smallest absolute Gasteiger partial charge is 0.136 e. The molecule has 1 aliphatic rings. The zero-order valence-electron chi connectivity index (χ0n) is 13.3. The van der Waals surface area contributed by atoms with E-state index in [1.165, 1.54) is 5.56 Å². The van der Waals surface area contributed by atoms with Gasteiger partial charge in [-0.3, -0.25) is 5.10 Å². The van der Waals surface area contributed by atoms with Crippen molar-refractivity contribution in [3.05, 3.63) is 70.9 Å². The van der Waals surface area contributed by atoms with E-state index < -0.39 is 0 Å². The van der Waals surface area contributed by atoms with E-state index in [9.17, 15) is 0 Å². The van der Waals surface area contributed by atoms with Crippen LogP contribution in [0.25, 0.3) is 0 Å². The number of H-pyrrole nitrogens is 1. The summed E-state index contributed by atoms with van der Waals surface area (Å²) in [6.45, 7) is 2.70. The topological polar surface area (TPSA) is 61.2 Å². The van der Waals surface area contributed by atoms with Crippen LogP contribution in [0.1, 0.15) is 17.3 Å². The molecule has 1 unspecified atom stereocenters. The first-order valence-corrected chi connectivity index (χ1v) is 8.16. The maximum absolute atomic E-state index is 6.49. The summed E-state index contributed by atoms with van der Waals surface area (Å²) in [4.78, 5) is 4.31. The summed E-state index contributed by atoms with van der Waals surface area (Å²) < 4.78 is 0. The number of anilines is 3. The Hall–Kier alpha value is -2.50. The maximum atomic E-state index is 6.49. The van der Waals surface area contributed by atoms with Gasteiger partial charge in [-0.25, -0.2) is 0 Å². The number of hydrogen-bond acceptors (Lipinski definition) is 4. The fourth-order valence-corrected chi connectivity index (χ4v) is 3.14. The summed E-state index contributed by atoms with van der Waals surface area (Å²) in [5, 5.41) is 7.97. The van der Waals surface area contributed by atoms with Crippen LogP contribution in [0.15, 0.2) is 54.7 Å². The first kappa shape index (κ1) is 15.1. The standard InChI is InChI=1S/C18H18ClN5/c1-12-2-6-14(7-3-12)23-11-24(15-8-4-13(19)5-9-15)18-16(17(23)20)10-21-22-18/h2-10,17H,11,20H2,1H3,(H,21,22). The molecule has 0 spiro atoms. The van der Waals surface area contributed by atoms with E-state index >= 15 is 0 Å².